The van der Waals surface area contributed by atoms with Gasteiger partial charge in [0.25, 0.3) is 0 Å². The van der Waals surface area contributed by atoms with Crippen LogP contribution in [0.25, 0.3) is 0 Å². The van der Waals surface area contributed by atoms with Crippen LogP contribution in [0.15, 0.2) is 6.07 Å². The van der Waals surface area contributed by atoms with E-state index in [0.29, 0.717) is 12.1 Å². The van der Waals surface area contributed by atoms with E-state index in [2.05, 4.69) is 45.3 Å². The zero-order valence-electron chi connectivity index (χ0n) is 10.7. The molecule has 0 aliphatic heterocycles. The van der Waals surface area contributed by atoms with Gasteiger partial charge in [-0.2, -0.15) is 0 Å². The smallest absolute Gasteiger partial charge is 0.0279 e. The molecule has 1 heterocycles. The van der Waals surface area contributed by atoms with Crippen LogP contribution in [-0.4, -0.2) is 10.6 Å². The average molecular weight is 208 g/mol. The van der Waals surface area contributed by atoms with Crippen LogP contribution < -0.4 is 5.73 Å². The maximum absolute atomic E-state index is 5.79. The quantitative estimate of drug-likeness (QED) is 0.810. The molecular weight excluding hydrogens is 184 g/mol. The maximum Gasteiger partial charge on any atom is 0.0279 e. The summed E-state index contributed by atoms with van der Waals surface area (Å²) in [6, 6.07) is 3.15. The molecule has 2 nitrogen and oxygen atoms in total. The van der Waals surface area contributed by atoms with Gasteiger partial charge in [0, 0.05) is 23.5 Å². The number of aryl methyl sites for hydroxylation is 2. The number of aromatic nitrogens is 1. The van der Waals surface area contributed by atoms with E-state index >= 15 is 0 Å². The van der Waals surface area contributed by atoms with Crippen LogP contribution in [0.4, 0.5) is 0 Å². The molecule has 0 aromatic carbocycles. The summed E-state index contributed by atoms with van der Waals surface area (Å²) in [5, 5.41) is 0. The fraction of sp³-hybridized carbons (Fsp3) is 0.692. The highest BCUT2D eigenvalue weighted by Gasteiger charge is 2.11. The van der Waals surface area contributed by atoms with E-state index in [9.17, 15) is 0 Å². The second-order valence-corrected chi connectivity index (χ2v) is 4.88. The van der Waals surface area contributed by atoms with Crippen LogP contribution in [0.2, 0.25) is 0 Å². The Hall–Kier alpha value is -0.760. The lowest BCUT2D eigenvalue weighted by Crippen LogP contribution is -2.15. The molecule has 0 aliphatic rings. The van der Waals surface area contributed by atoms with Crippen molar-refractivity contribution in [2.75, 3.05) is 0 Å². The minimum absolute atomic E-state index is 0.298. The van der Waals surface area contributed by atoms with Crippen LogP contribution in [0, 0.1) is 13.8 Å². The molecule has 0 radical (unpaired) electrons. The van der Waals surface area contributed by atoms with Crippen molar-refractivity contribution in [3.05, 3.63) is 23.0 Å². The first-order valence-electron chi connectivity index (χ1n) is 5.86. The van der Waals surface area contributed by atoms with Gasteiger partial charge in [-0.3, -0.25) is 0 Å². The zero-order chi connectivity index (χ0) is 11.6. The maximum atomic E-state index is 5.79. The van der Waals surface area contributed by atoms with Gasteiger partial charge in [-0.15, -0.1) is 0 Å². The summed E-state index contributed by atoms with van der Waals surface area (Å²) >= 11 is 0. The van der Waals surface area contributed by atoms with E-state index in [1.54, 1.807) is 0 Å². The number of rotatable bonds is 4. The molecule has 0 saturated carbocycles. The Morgan fingerprint density at radius 3 is 2.27 bits per heavy atom. The summed E-state index contributed by atoms with van der Waals surface area (Å²) in [7, 11) is 0. The third-order valence-electron chi connectivity index (χ3n) is 2.97. The van der Waals surface area contributed by atoms with E-state index < -0.39 is 0 Å². The lowest BCUT2D eigenvalue weighted by molar-refractivity contribution is 0.571. The Labute approximate surface area is 93.5 Å². The van der Waals surface area contributed by atoms with Crippen molar-refractivity contribution in [2.45, 2.75) is 59.5 Å². The fourth-order valence-electron chi connectivity index (χ4n) is 2.28. The molecule has 0 spiro atoms. The van der Waals surface area contributed by atoms with Crippen molar-refractivity contribution in [1.82, 2.24) is 4.57 Å². The Balaban J connectivity index is 2.87. The van der Waals surface area contributed by atoms with Gasteiger partial charge in [0.1, 0.15) is 0 Å². The number of hydrogen-bond acceptors (Lipinski definition) is 1. The highest BCUT2D eigenvalue weighted by molar-refractivity contribution is 5.27. The van der Waals surface area contributed by atoms with Gasteiger partial charge in [0.2, 0.25) is 0 Å². The molecule has 2 heteroatoms. The summed E-state index contributed by atoms with van der Waals surface area (Å²) in [6.07, 6.45) is 2.17. The largest absolute Gasteiger partial charge is 0.346 e. The SMILES string of the molecule is Cc1cc(CCC(C)N)c(C)n1C(C)C. The molecule has 1 atom stereocenters. The van der Waals surface area contributed by atoms with Crippen molar-refractivity contribution in [2.24, 2.45) is 5.73 Å². The summed E-state index contributed by atoms with van der Waals surface area (Å²) in [5.41, 5.74) is 10.0. The summed E-state index contributed by atoms with van der Waals surface area (Å²) in [5.74, 6) is 0. The van der Waals surface area contributed by atoms with Gasteiger partial charge in [0.15, 0.2) is 0 Å². The summed E-state index contributed by atoms with van der Waals surface area (Å²) < 4.78 is 2.40. The number of nitrogens with zero attached hydrogens (tertiary/aromatic N) is 1. The predicted octanol–water partition coefficient (Wildman–Crippen LogP) is 2.97. The number of hydrogen-bond donors (Lipinski definition) is 1. The monoisotopic (exact) mass is 208 g/mol. The van der Waals surface area contributed by atoms with Crippen molar-refractivity contribution >= 4 is 0 Å². The molecule has 1 unspecified atom stereocenters. The number of nitrogens with two attached hydrogens (primary N) is 1. The third kappa shape index (κ3) is 2.85. The van der Waals surface area contributed by atoms with Gasteiger partial charge in [-0.05, 0) is 59.1 Å². The third-order valence-corrected chi connectivity index (χ3v) is 2.97. The molecule has 1 rings (SSSR count). The second kappa shape index (κ2) is 4.84. The van der Waals surface area contributed by atoms with Gasteiger partial charge >= 0.3 is 0 Å². The molecule has 15 heavy (non-hydrogen) atoms. The van der Waals surface area contributed by atoms with Crippen LogP contribution in [0.5, 0.6) is 0 Å². The Morgan fingerprint density at radius 1 is 1.27 bits per heavy atom. The van der Waals surface area contributed by atoms with Crippen LogP contribution >= 0.6 is 0 Å². The molecule has 0 fully saturated rings. The van der Waals surface area contributed by atoms with Gasteiger partial charge in [-0.25, -0.2) is 0 Å². The Bertz CT molecular complexity index is 322. The van der Waals surface area contributed by atoms with E-state index in [-0.39, 0.29) is 0 Å². The van der Waals surface area contributed by atoms with E-state index in [4.69, 9.17) is 5.73 Å². The van der Waals surface area contributed by atoms with Crippen LogP contribution in [-0.2, 0) is 6.42 Å². The topological polar surface area (TPSA) is 30.9 Å². The minimum atomic E-state index is 0.298. The lowest BCUT2D eigenvalue weighted by Gasteiger charge is -2.14. The molecule has 2 N–H and O–H groups in total. The molecule has 0 aliphatic carbocycles. The van der Waals surface area contributed by atoms with E-state index in [1.807, 2.05) is 0 Å². The molecule has 86 valence electrons. The Morgan fingerprint density at radius 2 is 1.87 bits per heavy atom. The molecule has 1 aromatic heterocycles. The lowest BCUT2D eigenvalue weighted by atomic mass is 10.1. The first-order valence-corrected chi connectivity index (χ1v) is 5.86. The zero-order valence-corrected chi connectivity index (χ0v) is 10.7. The van der Waals surface area contributed by atoms with E-state index in [1.165, 1.54) is 17.0 Å². The summed E-state index contributed by atoms with van der Waals surface area (Å²) in [6.45, 7) is 10.9. The fourth-order valence-corrected chi connectivity index (χ4v) is 2.28. The van der Waals surface area contributed by atoms with Crippen molar-refractivity contribution in [3.8, 4) is 0 Å². The van der Waals surface area contributed by atoms with Crippen molar-refractivity contribution in [3.63, 3.8) is 0 Å². The Kier molecular flexibility index (Phi) is 3.97. The average Bonchev–Trinajstić information content (AvgIpc) is 2.37. The van der Waals surface area contributed by atoms with Crippen molar-refractivity contribution < 1.29 is 0 Å². The van der Waals surface area contributed by atoms with Gasteiger partial charge < -0.3 is 10.3 Å². The predicted molar refractivity (Wildman–Crippen MR) is 66.3 cm³/mol. The van der Waals surface area contributed by atoms with E-state index in [0.717, 1.165) is 12.8 Å². The molecule has 0 bridgehead atoms. The molecule has 0 amide bonds. The summed E-state index contributed by atoms with van der Waals surface area (Å²) in [4.78, 5) is 0. The minimum Gasteiger partial charge on any atom is -0.346 e. The normalized spacial score (nSPS) is 13.5. The highest BCUT2D eigenvalue weighted by atomic mass is 15.0. The van der Waals surface area contributed by atoms with Crippen molar-refractivity contribution in [1.29, 1.82) is 0 Å². The first kappa shape index (κ1) is 12.3. The first-order chi connectivity index (χ1) is 6.93. The second-order valence-electron chi connectivity index (χ2n) is 4.88. The molecule has 1 aromatic rings. The molecular formula is C13H24N2. The van der Waals surface area contributed by atoms with Crippen LogP contribution in [0.3, 0.4) is 0 Å². The van der Waals surface area contributed by atoms with Gasteiger partial charge in [0.05, 0.1) is 0 Å². The van der Waals surface area contributed by atoms with Crippen LogP contribution in [0.1, 0.15) is 50.2 Å². The standard InChI is InChI=1S/C13H24N2/c1-9(2)15-11(4)8-13(12(15)5)7-6-10(3)14/h8-10H,6-7,14H2,1-5H3. The molecule has 0 saturated heterocycles. The van der Waals surface area contributed by atoms with Gasteiger partial charge in [-0.1, -0.05) is 0 Å². The highest BCUT2D eigenvalue weighted by Crippen LogP contribution is 2.21.